The van der Waals surface area contributed by atoms with E-state index < -0.39 is 38.2 Å². The number of nitrogens with zero attached hydrogens (tertiary/aromatic N) is 1. The van der Waals surface area contributed by atoms with Crippen molar-refractivity contribution < 1.29 is 26.7 Å². The number of piperidine rings is 1. The highest BCUT2D eigenvalue weighted by Crippen LogP contribution is 2.32. The quantitative estimate of drug-likeness (QED) is 0.489. The Balaban J connectivity index is 1.48. The largest absolute Gasteiger partial charge is 0.490 e. The standard InChI is InChI=1S/C24H22ClF2N3O4S/c25-17-6-4-15(5-7-17)18-8-10-28-13-16(18)14-34-22-11-20(27)23(12-19(22)26)35(32,33)30-24(31)21-3-1-2-9-29-21/h1-7,9,11-12,16,18,28H,8,10,13-14H2,(H,30,31)/t16-,18-/m0/s1. The Morgan fingerprint density at radius 1 is 1.14 bits per heavy atom. The zero-order chi connectivity index (χ0) is 25.0. The van der Waals surface area contributed by atoms with Gasteiger partial charge in [0.2, 0.25) is 0 Å². The second-order valence-electron chi connectivity index (χ2n) is 8.08. The van der Waals surface area contributed by atoms with E-state index in [2.05, 4.69) is 10.3 Å². The Labute approximate surface area is 206 Å². The average molecular weight is 522 g/mol. The first-order valence-corrected chi connectivity index (χ1v) is 12.7. The van der Waals surface area contributed by atoms with E-state index in [4.69, 9.17) is 16.3 Å². The zero-order valence-electron chi connectivity index (χ0n) is 18.4. The molecule has 11 heteroatoms. The molecule has 2 N–H and O–H groups in total. The van der Waals surface area contributed by atoms with Crippen LogP contribution in [0.5, 0.6) is 5.75 Å². The van der Waals surface area contributed by atoms with Gasteiger partial charge in [0.25, 0.3) is 15.9 Å². The van der Waals surface area contributed by atoms with Gasteiger partial charge in [0, 0.05) is 35.8 Å². The van der Waals surface area contributed by atoms with E-state index in [0.29, 0.717) is 23.7 Å². The molecule has 1 saturated heterocycles. The van der Waals surface area contributed by atoms with E-state index in [1.807, 2.05) is 12.1 Å². The zero-order valence-corrected chi connectivity index (χ0v) is 20.0. The maximum Gasteiger partial charge on any atom is 0.283 e. The van der Waals surface area contributed by atoms with Gasteiger partial charge in [-0.25, -0.2) is 21.9 Å². The van der Waals surface area contributed by atoms with Crippen molar-refractivity contribution in [2.45, 2.75) is 17.2 Å². The number of nitrogens with one attached hydrogen (secondary N) is 2. The van der Waals surface area contributed by atoms with Crippen molar-refractivity contribution in [2.75, 3.05) is 19.7 Å². The summed E-state index contributed by atoms with van der Waals surface area (Å²) in [5.41, 5.74) is 0.884. The lowest BCUT2D eigenvalue weighted by molar-refractivity contribution is 0.0976. The van der Waals surface area contributed by atoms with Crippen LogP contribution in [0, 0.1) is 17.6 Å². The lowest BCUT2D eigenvalue weighted by Gasteiger charge is -2.32. The number of carbonyl (C=O) groups excluding carboxylic acids is 1. The van der Waals surface area contributed by atoms with Crippen molar-refractivity contribution >= 4 is 27.5 Å². The highest BCUT2D eigenvalue weighted by Gasteiger charge is 2.29. The molecule has 2 aromatic carbocycles. The van der Waals surface area contributed by atoms with Crippen molar-refractivity contribution in [1.82, 2.24) is 15.0 Å². The van der Waals surface area contributed by atoms with Crippen LogP contribution < -0.4 is 14.8 Å². The summed E-state index contributed by atoms with van der Waals surface area (Å²) < 4.78 is 61.7. The highest BCUT2D eigenvalue weighted by atomic mass is 35.5. The molecule has 0 spiro atoms. The number of pyridine rings is 1. The second-order valence-corrected chi connectivity index (χ2v) is 10.2. The van der Waals surface area contributed by atoms with Crippen LogP contribution in [0.2, 0.25) is 5.02 Å². The van der Waals surface area contributed by atoms with E-state index in [9.17, 15) is 22.0 Å². The Hall–Kier alpha value is -3.08. The number of halogens is 3. The van der Waals surface area contributed by atoms with E-state index in [0.717, 1.165) is 18.5 Å². The summed E-state index contributed by atoms with van der Waals surface area (Å²) in [5.74, 6) is -3.71. The van der Waals surface area contributed by atoms with Gasteiger partial charge >= 0.3 is 0 Å². The number of benzene rings is 2. The Bertz CT molecular complexity index is 1310. The molecule has 0 saturated carbocycles. The maximum atomic E-state index is 14.7. The van der Waals surface area contributed by atoms with Crippen LogP contribution in [0.15, 0.2) is 65.7 Å². The summed E-state index contributed by atoms with van der Waals surface area (Å²) in [6.07, 6.45) is 2.13. The Kier molecular flexibility index (Phi) is 7.63. The van der Waals surface area contributed by atoms with Crippen LogP contribution in [0.1, 0.15) is 28.4 Å². The number of rotatable bonds is 7. The number of amides is 1. The van der Waals surface area contributed by atoms with Crippen molar-refractivity contribution in [3.8, 4) is 5.75 Å². The van der Waals surface area contributed by atoms with Crippen LogP contribution in [0.3, 0.4) is 0 Å². The summed E-state index contributed by atoms with van der Waals surface area (Å²) in [6.45, 7) is 1.51. The van der Waals surface area contributed by atoms with E-state index in [1.54, 1.807) is 22.9 Å². The molecular formula is C24H22ClF2N3O4S. The second kappa shape index (κ2) is 10.7. The minimum Gasteiger partial charge on any atom is -0.490 e. The molecule has 1 aliphatic rings. The summed E-state index contributed by atoms with van der Waals surface area (Å²) in [4.78, 5) is 14.9. The first-order chi connectivity index (χ1) is 16.7. The number of ether oxygens (including phenoxy) is 1. The fourth-order valence-corrected chi connectivity index (χ4v) is 5.16. The first kappa shape index (κ1) is 25.0. The van der Waals surface area contributed by atoms with Gasteiger partial charge in [0.15, 0.2) is 11.6 Å². The van der Waals surface area contributed by atoms with E-state index >= 15 is 0 Å². The monoisotopic (exact) mass is 521 g/mol. The lowest BCUT2D eigenvalue weighted by Crippen LogP contribution is -2.38. The van der Waals surface area contributed by atoms with Gasteiger partial charge in [-0.1, -0.05) is 29.8 Å². The van der Waals surface area contributed by atoms with Crippen molar-refractivity contribution in [3.05, 3.63) is 88.7 Å². The van der Waals surface area contributed by atoms with Gasteiger partial charge in [-0.3, -0.25) is 9.78 Å². The molecule has 3 aromatic rings. The number of hydrogen-bond donors (Lipinski definition) is 2. The molecule has 2 heterocycles. The van der Waals surface area contributed by atoms with Gasteiger partial charge in [0.1, 0.15) is 16.4 Å². The van der Waals surface area contributed by atoms with Crippen LogP contribution in [-0.4, -0.2) is 39.0 Å². The summed E-state index contributed by atoms with van der Waals surface area (Å²) >= 11 is 5.98. The number of hydrogen-bond acceptors (Lipinski definition) is 6. The fourth-order valence-electron chi connectivity index (χ4n) is 4.00. The maximum absolute atomic E-state index is 14.7. The smallest absolute Gasteiger partial charge is 0.283 e. The van der Waals surface area contributed by atoms with Crippen LogP contribution in [0.4, 0.5) is 8.78 Å². The predicted molar refractivity (Wildman–Crippen MR) is 126 cm³/mol. The number of sulfonamides is 1. The molecule has 1 aromatic heterocycles. The minimum atomic E-state index is -4.69. The molecule has 0 bridgehead atoms. The Morgan fingerprint density at radius 2 is 1.91 bits per heavy atom. The average Bonchev–Trinajstić information content (AvgIpc) is 2.85. The Morgan fingerprint density at radius 3 is 2.63 bits per heavy atom. The molecule has 0 radical (unpaired) electrons. The molecule has 1 aliphatic heterocycles. The molecule has 4 rings (SSSR count). The first-order valence-electron chi connectivity index (χ1n) is 10.8. The third kappa shape index (κ3) is 5.95. The number of carbonyl (C=O) groups is 1. The number of aromatic nitrogens is 1. The SMILES string of the molecule is O=C(NS(=O)(=O)c1cc(F)c(OC[C@@H]2CNCC[C@H]2c2ccc(Cl)cc2)cc1F)c1ccccn1. The van der Waals surface area contributed by atoms with Gasteiger partial charge in [-0.15, -0.1) is 0 Å². The van der Waals surface area contributed by atoms with Gasteiger partial charge in [0.05, 0.1) is 6.61 Å². The van der Waals surface area contributed by atoms with Crippen molar-refractivity contribution in [2.24, 2.45) is 5.92 Å². The summed E-state index contributed by atoms with van der Waals surface area (Å²) in [5, 5.41) is 3.89. The third-order valence-electron chi connectivity index (χ3n) is 5.76. The van der Waals surface area contributed by atoms with Gasteiger partial charge < -0.3 is 10.1 Å². The normalized spacial score (nSPS) is 18.1. The lowest BCUT2D eigenvalue weighted by atomic mass is 9.81. The third-order valence-corrected chi connectivity index (χ3v) is 7.36. The predicted octanol–water partition coefficient (Wildman–Crippen LogP) is 3.90. The molecule has 184 valence electrons. The summed E-state index contributed by atoms with van der Waals surface area (Å²) in [6, 6.07) is 13.0. The molecular weight excluding hydrogens is 500 g/mol. The summed E-state index contributed by atoms with van der Waals surface area (Å²) in [7, 11) is -4.69. The molecule has 1 amide bonds. The van der Waals surface area contributed by atoms with E-state index in [1.165, 1.54) is 18.3 Å². The molecule has 2 atom stereocenters. The van der Waals surface area contributed by atoms with Crippen molar-refractivity contribution in [3.63, 3.8) is 0 Å². The van der Waals surface area contributed by atoms with E-state index in [-0.39, 0.29) is 24.1 Å². The van der Waals surface area contributed by atoms with Crippen LogP contribution in [-0.2, 0) is 10.0 Å². The minimum absolute atomic E-state index is 0.0338. The fraction of sp³-hybridized carbons (Fsp3) is 0.250. The highest BCUT2D eigenvalue weighted by molar-refractivity contribution is 7.90. The molecule has 7 nitrogen and oxygen atoms in total. The van der Waals surface area contributed by atoms with Crippen LogP contribution >= 0.6 is 11.6 Å². The van der Waals surface area contributed by atoms with Crippen LogP contribution in [0.25, 0.3) is 0 Å². The van der Waals surface area contributed by atoms with Gasteiger partial charge in [-0.2, -0.15) is 0 Å². The van der Waals surface area contributed by atoms with Crippen molar-refractivity contribution in [1.29, 1.82) is 0 Å². The molecule has 0 unspecified atom stereocenters. The molecule has 35 heavy (non-hydrogen) atoms. The van der Waals surface area contributed by atoms with Gasteiger partial charge in [-0.05, 0) is 48.7 Å². The molecule has 0 aliphatic carbocycles. The topological polar surface area (TPSA) is 97.4 Å². The molecule has 1 fully saturated rings.